The Morgan fingerprint density at radius 1 is 1.14 bits per heavy atom. The minimum atomic E-state index is 0.0665. The lowest BCUT2D eigenvalue weighted by molar-refractivity contribution is 0.0962. The first-order valence-electron chi connectivity index (χ1n) is 10.3. The zero-order valence-electron chi connectivity index (χ0n) is 16.9. The minimum Gasteiger partial charge on any atom is -0.497 e. The third-order valence-corrected chi connectivity index (χ3v) is 5.65. The topological polar surface area (TPSA) is 61.6 Å². The van der Waals surface area contributed by atoms with Gasteiger partial charge >= 0.3 is 0 Å². The predicted octanol–water partition coefficient (Wildman–Crippen LogP) is 5.01. The van der Waals surface area contributed by atoms with Crippen LogP contribution in [0.1, 0.15) is 47.5 Å². The number of nitrogens with zero attached hydrogens (tertiary/aromatic N) is 1. The molecule has 0 amide bonds. The van der Waals surface area contributed by atoms with Crippen molar-refractivity contribution in [1.29, 1.82) is 0 Å². The van der Waals surface area contributed by atoms with Gasteiger partial charge in [-0.2, -0.15) is 0 Å². The number of carbonyl (C=O) groups is 1. The SMILES string of the molecule is COc1ccc2cc(CCCc3cc(C(=O)CCC4CCOC4)no3)ccc2c1. The van der Waals surface area contributed by atoms with E-state index in [9.17, 15) is 4.79 Å². The molecule has 2 heterocycles. The summed E-state index contributed by atoms with van der Waals surface area (Å²) in [6, 6.07) is 14.4. The minimum absolute atomic E-state index is 0.0665. The van der Waals surface area contributed by atoms with Crippen molar-refractivity contribution in [2.24, 2.45) is 5.92 Å². The number of aryl methyl sites for hydroxylation is 2. The predicted molar refractivity (Wildman–Crippen MR) is 112 cm³/mol. The molecule has 1 unspecified atom stereocenters. The number of ether oxygens (including phenoxy) is 2. The number of hydrogen-bond donors (Lipinski definition) is 0. The van der Waals surface area contributed by atoms with Gasteiger partial charge in [0.1, 0.15) is 17.2 Å². The van der Waals surface area contributed by atoms with Crippen molar-refractivity contribution in [3.63, 3.8) is 0 Å². The number of fused-ring (bicyclic) bond motifs is 1. The summed E-state index contributed by atoms with van der Waals surface area (Å²) in [5, 5.41) is 6.36. The third kappa shape index (κ3) is 5.04. The zero-order valence-corrected chi connectivity index (χ0v) is 16.9. The molecule has 5 nitrogen and oxygen atoms in total. The Morgan fingerprint density at radius 2 is 2.00 bits per heavy atom. The quantitative estimate of drug-likeness (QED) is 0.478. The standard InChI is InChI=1S/C24H27NO4/c1-27-21-9-8-19-13-17(5-7-20(19)14-21)3-2-4-22-15-23(25-29-22)24(26)10-6-18-11-12-28-16-18/h5,7-9,13-15,18H,2-4,6,10-12,16H2,1H3. The van der Waals surface area contributed by atoms with Crippen molar-refractivity contribution in [3.05, 3.63) is 59.5 Å². The van der Waals surface area contributed by atoms with Crippen LogP contribution in [-0.2, 0) is 17.6 Å². The number of carbonyl (C=O) groups excluding carboxylic acids is 1. The fraction of sp³-hybridized carbons (Fsp3) is 0.417. The maximum atomic E-state index is 12.3. The molecule has 5 heteroatoms. The van der Waals surface area contributed by atoms with Crippen molar-refractivity contribution in [1.82, 2.24) is 5.16 Å². The van der Waals surface area contributed by atoms with Crippen molar-refractivity contribution >= 4 is 16.6 Å². The van der Waals surface area contributed by atoms with Crippen LogP contribution < -0.4 is 4.74 Å². The van der Waals surface area contributed by atoms with Crippen molar-refractivity contribution < 1.29 is 18.8 Å². The molecule has 1 aliphatic heterocycles. The highest BCUT2D eigenvalue weighted by atomic mass is 16.5. The van der Waals surface area contributed by atoms with Crippen LogP contribution in [0.25, 0.3) is 10.8 Å². The molecule has 1 aliphatic rings. The van der Waals surface area contributed by atoms with Crippen molar-refractivity contribution in [2.75, 3.05) is 20.3 Å². The van der Waals surface area contributed by atoms with Crippen LogP contribution >= 0.6 is 0 Å². The zero-order chi connectivity index (χ0) is 20.1. The number of methoxy groups -OCH3 is 1. The molecule has 1 saturated heterocycles. The summed E-state index contributed by atoms with van der Waals surface area (Å²) in [4.78, 5) is 12.3. The van der Waals surface area contributed by atoms with Gasteiger partial charge in [0.15, 0.2) is 5.78 Å². The van der Waals surface area contributed by atoms with E-state index in [2.05, 4.69) is 29.4 Å². The lowest BCUT2D eigenvalue weighted by Gasteiger charge is -2.05. The van der Waals surface area contributed by atoms with Gasteiger partial charge in [0.25, 0.3) is 0 Å². The average Bonchev–Trinajstić information content (AvgIpc) is 3.44. The van der Waals surface area contributed by atoms with E-state index in [-0.39, 0.29) is 5.78 Å². The lowest BCUT2D eigenvalue weighted by Crippen LogP contribution is -2.05. The maximum Gasteiger partial charge on any atom is 0.184 e. The van der Waals surface area contributed by atoms with E-state index in [4.69, 9.17) is 14.0 Å². The Morgan fingerprint density at radius 3 is 2.83 bits per heavy atom. The van der Waals surface area contributed by atoms with E-state index < -0.39 is 0 Å². The number of aromatic nitrogens is 1. The molecular weight excluding hydrogens is 366 g/mol. The van der Waals surface area contributed by atoms with Gasteiger partial charge in [0.05, 0.1) is 7.11 Å². The number of benzene rings is 2. The van der Waals surface area contributed by atoms with E-state index >= 15 is 0 Å². The highest BCUT2D eigenvalue weighted by molar-refractivity contribution is 5.94. The van der Waals surface area contributed by atoms with E-state index in [1.165, 1.54) is 16.3 Å². The summed E-state index contributed by atoms with van der Waals surface area (Å²) in [6.45, 7) is 1.60. The van der Waals surface area contributed by atoms with Crippen LogP contribution in [0.5, 0.6) is 5.75 Å². The van der Waals surface area contributed by atoms with Crippen LogP contribution in [0, 0.1) is 5.92 Å². The Balaban J connectivity index is 1.27. The second-order valence-electron chi connectivity index (χ2n) is 7.77. The number of ketones is 1. The molecular formula is C24H27NO4. The Bertz CT molecular complexity index is 972. The first-order chi connectivity index (χ1) is 14.2. The molecule has 152 valence electrons. The number of rotatable bonds is 9. The van der Waals surface area contributed by atoms with Crippen LogP contribution in [0.2, 0.25) is 0 Å². The molecule has 1 atom stereocenters. The summed E-state index contributed by atoms with van der Waals surface area (Å²) in [6.07, 6.45) is 5.12. The van der Waals surface area contributed by atoms with Gasteiger partial charge in [-0.1, -0.05) is 29.4 Å². The summed E-state index contributed by atoms with van der Waals surface area (Å²) < 4.78 is 16.0. The molecule has 0 spiro atoms. The second kappa shape index (κ2) is 9.23. The number of Topliss-reactive ketones (excluding diaryl/α,β-unsaturated/α-hetero) is 1. The van der Waals surface area contributed by atoms with Crippen LogP contribution in [0.3, 0.4) is 0 Å². The van der Waals surface area contributed by atoms with E-state index in [1.807, 2.05) is 12.1 Å². The fourth-order valence-electron chi connectivity index (χ4n) is 3.86. The first-order valence-corrected chi connectivity index (χ1v) is 10.3. The first kappa shape index (κ1) is 19.6. The van der Waals surface area contributed by atoms with Crippen LogP contribution in [-0.4, -0.2) is 31.3 Å². The molecule has 1 aromatic heterocycles. The van der Waals surface area contributed by atoms with Gasteiger partial charge in [-0.25, -0.2) is 0 Å². The summed E-state index contributed by atoms with van der Waals surface area (Å²) in [5.74, 6) is 2.23. The monoisotopic (exact) mass is 393 g/mol. The van der Waals surface area contributed by atoms with E-state index in [0.717, 1.165) is 56.8 Å². The maximum absolute atomic E-state index is 12.3. The third-order valence-electron chi connectivity index (χ3n) is 5.65. The lowest BCUT2D eigenvalue weighted by atomic mass is 10.00. The van der Waals surface area contributed by atoms with Crippen molar-refractivity contribution in [2.45, 2.75) is 38.5 Å². The summed E-state index contributed by atoms with van der Waals surface area (Å²) in [5.41, 5.74) is 1.75. The highest BCUT2D eigenvalue weighted by Gasteiger charge is 2.19. The molecule has 3 aromatic rings. The summed E-state index contributed by atoms with van der Waals surface area (Å²) in [7, 11) is 1.68. The molecule has 1 fully saturated rings. The largest absolute Gasteiger partial charge is 0.497 e. The molecule has 0 N–H and O–H groups in total. The Kier molecular flexibility index (Phi) is 6.25. The smallest absolute Gasteiger partial charge is 0.184 e. The van der Waals surface area contributed by atoms with Crippen LogP contribution in [0.15, 0.2) is 47.0 Å². The molecule has 0 aliphatic carbocycles. The van der Waals surface area contributed by atoms with Gasteiger partial charge in [-0.3, -0.25) is 4.79 Å². The summed E-state index contributed by atoms with van der Waals surface area (Å²) >= 11 is 0. The molecule has 0 bridgehead atoms. The Hall–Kier alpha value is -2.66. The number of hydrogen-bond acceptors (Lipinski definition) is 5. The van der Waals surface area contributed by atoms with Gasteiger partial charge in [0.2, 0.25) is 0 Å². The molecule has 29 heavy (non-hydrogen) atoms. The van der Waals surface area contributed by atoms with Crippen LogP contribution in [0.4, 0.5) is 0 Å². The van der Waals surface area contributed by atoms with Gasteiger partial charge in [-0.15, -0.1) is 0 Å². The second-order valence-corrected chi connectivity index (χ2v) is 7.77. The van der Waals surface area contributed by atoms with Gasteiger partial charge in [-0.05, 0) is 60.1 Å². The van der Waals surface area contributed by atoms with Gasteiger partial charge in [0, 0.05) is 32.1 Å². The molecule has 2 aromatic carbocycles. The normalized spacial score (nSPS) is 16.4. The van der Waals surface area contributed by atoms with E-state index in [0.29, 0.717) is 18.0 Å². The average molecular weight is 393 g/mol. The molecule has 0 radical (unpaired) electrons. The van der Waals surface area contributed by atoms with E-state index in [1.54, 1.807) is 13.2 Å². The fourth-order valence-corrected chi connectivity index (χ4v) is 3.86. The molecule has 0 saturated carbocycles. The van der Waals surface area contributed by atoms with Crippen molar-refractivity contribution in [3.8, 4) is 5.75 Å². The highest BCUT2D eigenvalue weighted by Crippen LogP contribution is 2.23. The molecule has 4 rings (SSSR count). The van der Waals surface area contributed by atoms with Gasteiger partial charge < -0.3 is 14.0 Å². The Labute approximate surface area is 171 Å².